The molecule has 0 saturated heterocycles. The third kappa shape index (κ3) is 6.10. The summed E-state index contributed by atoms with van der Waals surface area (Å²) in [5.74, 6) is 1.80. The minimum absolute atomic E-state index is 0.102. The van der Waals surface area contributed by atoms with Crippen LogP contribution in [0, 0.1) is 5.92 Å². The van der Waals surface area contributed by atoms with E-state index in [4.69, 9.17) is 4.98 Å². The second kappa shape index (κ2) is 11.6. The number of rotatable bonds is 8. The lowest BCUT2D eigenvalue weighted by atomic mass is 9.86. The molecule has 1 saturated carbocycles. The van der Waals surface area contributed by atoms with Gasteiger partial charge in [-0.3, -0.25) is 0 Å². The SMILES string of the molecule is CCc1cccc(C(C)C)c1NC(=O)NC[C@H]1CC[C@@H](Nc2cc(N(C)C)c3ccccc3n2)CC1. The first kappa shape index (κ1) is 25.8. The van der Waals surface area contributed by atoms with Crippen LogP contribution in [0.15, 0.2) is 48.5 Å². The molecule has 36 heavy (non-hydrogen) atoms. The average Bonchev–Trinajstić information content (AvgIpc) is 2.87. The van der Waals surface area contributed by atoms with Crippen molar-refractivity contribution in [2.75, 3.05) is 36.2 Å². The molecule has 3 N–H and O–H groups in total. The number of amides is 2. The monoisotopic (exact) mass is 487 g/mol. The summed E-state index contributed by atoms with van der Waals surface area (Å²) in [6.45, 7) is 7.17. The number of carbonyl (C=O) groups is 1. The first-order valence-corrected chi connectivity index (χ1v) is 13.4. The highest BCUT2D eigenvalue weighted by molar-refractivity contribution is 5.93. The zero-order valence-electron chi connectivity index (χ0n) is 22.4. The first-order chi connectivity index (χ1) is 17.4. The van der Waals surface area contributed by atoms with Crippen LogP contribution in [0.4, 0.5) is 22.0 Å². The summed E-state index contributed by atoms with van der Waals surface area (Å²) < 4.78 is 0. The average molecular weight is 488 g/mol. The van der Waals surface area contributed by atoms with Crippen molar-refractivity contribution in [3.63, 3.8) is 0 Å². The highest BCUT2D eigenvalue weighted by Crippen LogP contribution is 2.31. The quantitative estimate of drug-likeness (QED) is 0.328. The van der Waals surface area contributed by atoms with E-state index in [2.05, 4.69) is 98.2 Å². The van der Waals surface area contributed by atoms with Gasteiger partial charge in [-0.05, 0) is 61.1 Å². The summed E-state index contributed by atoms with van der Waals surface area (Å²) in [4.78, 5) is 19.8. The molecule has 0 aliphatic heterocycles. The maximum Gasteiger partial charge on any atom is 0.319 e. The Bertz CT molecular complexity index is 1180. The number of carbonyl (C=O) groups excluding carboxylic acids is 1. The van der Waals surface area contributed by atoms with Crippen molar-refractivity contribution in [3.05, 3.63) is 59.7 Å². The van der Waals surface area contributed by atoms with Crippen LogP contribution in [0.5, 0.6) is 0 Å². The molecule has 0 radical (unpaired) electrons. The molecule has 2 aromatic carbocycles. The number of anilines is 3. The van der Waals surface area contributed by atoms with Gasteiger partial charge >= 0.3 is 6.03 Å². The van der Waals surface area contributed by atoms with E-state index in [1.807, 2.05) is 6.07 Å². The van der Waals surface area contributed by atoms with Crippen LogP contribution in [0.2, 0.25) is 0 Å². The van der Waals surface area contributed by atoms with Crippen molar-refractivity contribution < 1.29 is 4.79 Å². The molecule has 6 heteroatoms. The number of hydrogen-bond donors (Lipinski definition) is 3. The number of para-hydroxylation sites is 2. The summed E-state index contributed by atoms with van der Waals surface area (Å²) in [6.07, 6.45) is 5.24. The van der Waals surface area contributed by atoms with Gasteiger partial charge in [0.15, 0.2) is 0 Å². The van der Waals surface area contributed by atoms with Gasteiger partial charge in [0.2, 0.25) is 0 Å². The standard InChI is InChI=1S/C30H41N5O/c1-6-22-10-9-12-24(20(2)3)29(22)34-30(36)31-19-21-14-16-23(17-15-21)32-28-18-27(35(4)5)25-11-7-8-13-26(25)33-28/h7-13,18,20-21,23H,6,14-17,19H2,1-5H3,(H,32,33)(H2,31,34,36)/t21-,23+. The number of fused-ring (bicyclic) bond motifs is 1. The van der Waals surface area contributed by atoms with Crippen molar-refractivity contribution in [2.24, 2.45) is 5.92 Å². The molecule has 0 bridgehead atoms. The molecule has 4 rings (SSSR count). The van der Waals surface area contributed by atoms with Crippen LogP contribution in [-0.4, -0.2) is 37.7 Å². The maximum atomic E-state index is 12.8. The van der Waals surface area contributed by atoms with Crippen molar-refractivity contribution in [1.29, 1.82) is 0 Å². The lowest BCUT2D eigenvalue weighted by Crippen LogP contribution is -2.36. The molecular formula is C30H41N5O. The Balaban J connectivity index is 1.30. The van der Waals surface area contributed by atoms with Crippen molar-refractivity contribution in [3.8, 4) is 0 Å². The molecule has 0 unspecified atom stereocenters. The molecule has 1 aliphatic rings. The Morgan fingerprint density at radius 2 is 1.81 bits per heavy atom. The Hall–Kier alpha value is -3.28. The van der Waals surface area contributed by atoms with Crippen LogP contribution in [-0.2, 0) is 6.42 Å². The van der Waals surface area contributed by atoms with E-state index in [1.165, 1.54) is 22.2 Å². The van der Waals surface area contributed by atoms with Crippen LogP contribution >= 0.6 is 0 Å². The van der Waals surface area contributed by atoms with Crippen molar-refractivity contribution in [1.82, 2.24) is 10.3 Å². The molecule has 0 atom stereocenters. The second-order valence-electron chi connectivity index (χ2n) is 10.5. The number of hydrogen-bond acceptors (Lipinski definition) is 4. The fourth-order valence-electron chi connectivity index (χ4n) is 5.26. The summed E-state index contributed by atoms with van der Waals surface area (Å²) >= 11 is 0. The van der Waals surface area contributed by atoms with Gasteiger partial charge in [0.25, 0.3) is 0 Å². The summed E-state index contributed by atoms with van der Waals surface area (Å²) in [5.41, 5.74) is 5.54. The van der Waals surface area contributed by atoms with Crippen LogP contribution in [0.3, 0.4) is 0 Å². The summed E-state index contributed by atoms with van der Waals surface area (Å²) in [7, 11) is 4.15. The van der Waals surface area contributed by atoms with Crippen molar-refractivity contribution >= 4 is 34.1 Å². The van der Waals surface area contributed by atoms with E-state index in [1.54, 1.807) is 0 Å². The lowest BCUT2D eigenvalue weighted by Gasteiger charge is -2.30. The Labute approximate surface area is 215 Å². The Kier molecular flexibility index (Phi) is 8.34. The van der Waals surface area contributed by atoms with Crippen molar-refractivity contribution in [2.45, 2.75) is 64.8 Å². The van der Waals surface area contributed by atoms with Gasteiger partial charge in [0.1, 0.15) is 5.82 Å². The van der Waals surface area contributed by atoms with E-state index in [-0.39, 0.29) is 6.03 Å². The Morgan fingerprint density at radius 1 is 1.06 bits per heavy atom. The predicted octanol–water partition coefficient (Wildman–Crippen LogP) is 6.78. The fourth-order valence-corrected chi connectivity index (χ4v) is 5.26. The first-order valence-electron chi connectivity index (χ1n) is 13.4. The number of aryl methyl sites for hydroxylation is 1. The second-order valence-corrected chi connectivity index (χ2v) is 10.5. The molecule has 1 aliphatic carbocycles. The van der Waals surface area contributed by atoms with Crippen LogP contribution in [0.1, 0.15) is 63.5 Å². The van der Waals surface area contributed by atoms with E-state index >= 15 is 0 Å². The number of nitrogens with zero attached hydrogens (tertiary/aromatic N) is 2. The highest BCUT2D eigenvalue weighted by Gasteiger charge is 2.23. The van der Waals surface area contributed by atoms with Gasteiger partial charge in [0, 0.05) is 49.5 Å². The number of nitrogens with one attached hydrogen (secondary N) is 3. The molecule has 192 valence electrons. The minimum Gasteiger partial charge on any atom is -0.377 e. The molecule has 1 heterocycles. The van der Waals surface area contributed by atoms with E-state index in [0.29, 0.717) is 24.4 Å². The Morgan fingerprint density at radius 3 is 2.50 bits per heavy atom. The number of urea groups is 1. The van der Waals surface area contributed by atoms with Gasteiger partial charge in [-0.25, -0.2) is 9.78 Å². The fraction of sp³-hybridized carbons (Fsp3) is 0.467. The van der Waals surface area contributed by atoms with Gasteiger partial charge < -0.3 is 20.9 Å². The van der Waals surface area contributed by atoms with E-state index in [0.717, 1.165) is 49.1 Å². The minimum atomic E-state index is -0.102. The maximum absolute atomic E-state index is 12.8. The van der Waals surface area contributed by atoms with Gasteiger partial charge in [-0.15, -0.1) is 0 Å². The molecular weight excluding hydrogens is 446 g/mol. The summed E-state index contributed by atoms with van der Waals surface area (Å²) in [5, 5.41) is 11.1. The zero-order chi connectivity index (χ0) is 25.7. The highest BCUT2D eigenvalue weighted by atomic mass is 16.2. The molecule has 2 amide bonds. The number of aromatic nitrogens is 1. The van der Waals surface area contributed by atoms with Gasteiger partial charge in [-0.2, -0.15) is 0 Å². The number of pyridine rings is 1. The third-order valence-electron chi connectivity index (χ3n) is 7.35. The largest absolute Gasteiger partial charge is 0.377 e. The molecule has 6 nitrogen and oxygen atoms in total. The predicted molar refractivity (Wildman–Crippen MR) is 152 cm³/mol. The normalized spacial score (nSPS) is 17.7. The topological polar surface area (TPSA) is 69.3 Å². The third-order valence-corrected chi connectivity index (χ3v) is 7.35. The van der Waals surface area contributed by atoms with E-state index in [9.17, 15) is 4.79 Å². The van der Waals surface area contributed by atoms with Gasteiger partial charge in [0.05, 0.1) is 5.52 Å². The number of benzene rings is 2. The smallest absolute Gasteiger partial charge is 0.319 e. The van der Waals surface area contributed by atoms with Gasteiger partial charge in [-0.1, -0.05) is 57.2 Å². The zero-order valence-corrected chi connectivity index (χ0v) is 22.4. The molecule has 1 aromatic heterocycles. The van der Waals surface area contributed by atoms with E-state index < -0.39 is 0 Å². The van der Waals surface area contributed by atoms with Crippen LogP contribution in [0.25, 0.3) is 10.9 Å². The summed E-state index contributed by atoms with van der Waals surface area (Å²) in [6, 6.07) is 17.0. The molecule has 0 spiro atoms. The molecule has 3 aromatic rings. The lowest BCUT2D eigenvalue weighted by molar-refractivity contribution is 0.246. The van der Waals surface area contributed by atoms with Crippen LogP contribution < -0.4 is 20.9 Å². The molecule has 1 fully saturated rings.